The Morgan fingerprint density at radius 2 is 1.71 bits per heavy atom. The summed E-state index contributed by atoms with van der Waals surface area (Å²) in [5, 5.41) is 0. The summed E-state index contributed by atoms with van der Waals surface area (Å²) < 4.78 is 16.6. The predicted octanol–water partition coefficient (Wildman–Crippen LogP) is 2.93. The first-order valence-electron chi connectivity index (χ1n) is 9.71. The van der Waals surface area contributed by atoms with Crippen LogP contribution in [0.1, 0.15) is 17.3 Å². The van der Waals surface area contributed by atoms with E-state index >= 15 is 0 Å². The summed E-state index contributed by atoms with van der Waals surface area (Å²) in [4.78, 5) is 17.0. The van der Waals surface area contributed by atoms with Crippen molar-refractivity contribution in [3.63, 3.8) is 0 Å². The van der Waals surface area contributed by atoms with E-state index in [1.807, 2.05) is 42.2 Å². The summed E-state index contributed by atoms with van der Waals surface area (Å²) in [7, 11) is 1.59. The van der Waals surface area contributed by atoms with Crippen molar-refractivity contribution in [2.45, 2.75) is 6.92 Å². The fourth-order valence-corrected chi connectivity index (χ4v) is 3.24. The average Bonchev–Trinajstić information content (AvgIpc) is 2.75. The van der Waals surface area contributed by atoms with Crippen molar-refractivity contribution in [3.8, 4) is 17.2 Å². The molecule has 28 heavy (non-hydrogen) atoms. The minimum atomic E-state index is 0.0292. The largest absolute Gasteiger partial charge is 0.493 e. The summed E-state index contributed by atoms with van der Waals surface area (Å²) >= 11 is 0. The van der Waals surface area contributed by atoms with Crippen LogP contribution < -0.4 is 14.2 Å². The first-order valence-corrected chi connectivity index (χ1v) is 9.71. The quantitative estimate of drug-likeness (QED) is 0.700. The van der Waals surface area contributed by atoms with Gasteiger partial charge in [0.05, 0.1) is 13.7 Å². The maximum absolute atomic E-state index is 12.8. The molecule has 1 aliphatic heterocycles. The Morgan fingerprint density at radius 1 is 0.964 bits per heavy atom. The first-order chi connectivity index (χ1) is 13.7. The molecule has 1 aliphatic rings. The number of carbonyl (C=O) groups excluding carboxylic acids is 1. The number of para-hydroxylation sites is 1. The van der Waals surface area contributed by atoms with Crippen molar-refractivity contribution in [1.82, 2.24) is 9.80 Å². The fourth-order valence-electron chi connectivity index (χ4n) is 3.24. The number of amides is 1. The molecule has 0 aliphatic carbocycles. The number of methoxy groups -OCH3 is 1. The number of rotatable bonds is 8. The van der Waals surface area contributed by atoms with E-state index in [1.165, 1.54) is 0 Å². The highest BCUT2D eigenvalue weighted by molar-refractivity contribution is 5.95. The maximum Gasteiger partial charge on any atom is 0.254 e. The van der Waals surface area contributed by atoms with Gasteiger partial charge in [-0.05, 0) is 37.3 Å². The molecule has 1 saturated heterocycles. The highest BCUT2D eigenvalue weighted by Gasteiger charge is 2.23. The van der Waals surface area contributed by atoms with Crippen LogP contribution in [0.3, 0.4) is 0 Å². The van der Waals surface area contributed by atoms with E-state index in [0.29, 0.717) is 43.4 Å². The summed E-state index contributed by atoms with van der Waals surface area (Å²) in [6.45, 7) is 7.08. The molecule has 6 heteroatoms. The van der Waals surface area contributed by atoms with Crippen LogP contribution in [0.5, 0.6) is 17.2 Å². The van der Waals surface area contributed by atoms with Gasteiger partial charge >= 0.3 is 0 Å². The molecule has 1 fully saturated rings. The normalized spacial score (nSPS) is 14.6. The van der Waals surface area contributed by atoms with Crippen LogP contribution in [-0.4, -0.2) is 68.8 Å². The summed E-state index contributed by atoms with van der Waals surface area (Å²) in [6.07, 6.45) is 0. The maximum atomic E-state index is 12.8. The Labute approximate surface area is 166 Å². The standard InChI is InChI=1S/C22H28N2O4/c1-3-27-20-10-9-18(17-21(20)26-2)22(25)24-13-11-23(12-14-24)15-16-28-19-7-5-4-6-8-19/h4-10,17H,3,11-16H2,1-2H3. The lowest BCUT2D eigenvalue weighted by molar-refractivity contribution is 0.0620. The number of carbonyl (C=O) groups is 1. The minimum Gasteiger partial charge on any atom is -0.493 e. The number of benzene rings is 2. The lowest BCUT2D eigenvalue weighted by atomic mass is 10.1. The van der Waals surface area contributed by atoms with Crippen molar-refractivity contribution >= 4 is 5.91 Å². The van der Waals surface area contributed by atoms with Gasteiger partial charge in [0.1, 0.15) is 12.4 Å². The van der Waals surface area contributed by atoms with E-state index in [2.05, 4.69) is 4.90 Å². The van der Waals surface area contributed by atoms with Crippen LogP contribution in [0, 0.1) is 0 Å². The molecule has 1 amide bonds. The molecule has 0 aromatic heterocycles. The first kappa shape index (κ1) is 20.0. The van der Waals surface area contributed by atoms with E-state index < -0.39 is 0 Å². The van der Waals surface area contributed by atoms with Crippen molar-refractivity contribution < 1.29 is 19.0 Å². The molecule has 0 atom stereocenters. The van der Waals surface area contributed by atoms with Gasteiger partial charge in [0.15, 0.2) is 11.5 Å². The molecule has 0 N–H and O–H groups in total. The topological polar surface area (TPSA) is 51.2 Å². The summed E-state index contributed by atoms with van der Waals surface area (Å²) in [6, 6.07) is 15.2. The van der Waals surface area contributed by atoms with Gasteiger partial charge in [-0.3, -0.25) is 9.69 Å². The monoisotopic (exact) mass is 384 g/mol. The Bertz CT molecular complexity index is 758. The van der Waals surface area contributed by atoms with Crippen LogP contribution >= 0.6 is 0 Å². The number of hydrogen-bond acceptors (Lipinski definition) is 5. The fraction of sp³-hybridized carbons (Fsp3) is 0.409. The third-order valence-corrected chi connectivity index (χ3v) is 4.79. The van der Waals surface area contributed by atoms with Crippen LogP contribution in [0.25, 0.3) is 0 Å². The third kappa shape index (κ3) is 5.16. The van der Waals surface area contributed by atoms with E-state index in [-0.39, 0.29) is 5.91 Å². The molecule has 150 valence electrons. The molecule has 0 radical (unpaired) electrons. The third-order valence-electron chi connectivity index (χ3n) is 4.79. The lowest BCUT2D eigenvalue weighted by Crippen LogP contribution is -2.49. The Balaban J connectivity index is 1.48. The van der Waals surface area contributed by atoms with Crippen molar-refractivity contribution in [2.75, 3.05) is 53.0 Å². The summed E-state index contributed by atoms with van der Waals surface area (Å²) in [5.41, 5.74) is 0.626. The molecule has 0 spiro atoms. The smallest absolute Gasteiger partial charge is 0.254 e. The van der Waals surface area contributed by atoms with Crippen LogP contribution in [0.15, 0.2) is 48.5 Å². The zero-order chi connectivity index (χ0) is 19.8. The molecular weight excluding hydrogens is 356 g/mol. The molecule has 0 saturated carbocycles. The number of piperazine rings is 1. The number of hydrogen-bond donors (Lipinski definition) is 0. The van der Waals surface area contributed by atoms with Crippen LogP contribution in [-0.2, 0) is 0 Å². The van der Waals surface area contributed by atoms with E-state index in [4.69, 9.17) is 14.2 Å². The second-order valence-electron chi connectivity index (χ2n) is 6.59. The van der Waals surface area contributed by atoms with Gasteiger partial charge in [-0.25, -0.2) is 0 Å². The molecule has 6 nitrogen and oxygen atoms in total. The minimum absolute atomic E-state index is 0.0292. The molecular formula is C22H28N2O4. The number of nitrogens with zero attached hydrogens (tertiary/aromatic N) is 2. The average molecular weight is 384 g/mol. The molecule has 1 heterocycles. The van der Waals surface area contributed by atoms with Crippen molar-refractivity contribution in [2.24, 2.45) is 0 Å². The van der Waals surface area contributed by atoms with Crippen LogP contribution in [0.4, 0.5) is 0 Å². The van der Waals surface area contributed by atoms with E-state index in [1.54, 1.807) is 25.3 Å². The molecule has 2 aromatic carbocycles. The molecule has 2 aromatic rings. The van der Waals surface area contributed by atoms with Gasteiger partial charge in [0.25, 0.3) is 5.91 Å². The highest BCUT2D eigenvalue weighted by atomic mass is 16.5. The second kappa shape index (κ2) is 9.99. The van der Waals surface area contributed by atoms with E-state index in [0.717, 1.165) is 25.4 Å². The summed E-state index contributed by atoms with van der Waals surface area (Å²) in [5.74, 6) is 2.16. The number of ether oxygens (including phenoxy) is 3. The van der Waals surface area contributed by atoms with Gasteiger partial charge in [-0.1, -0.05) is 18.2 Å². The van der Waals surface area contributed by atoms with Gasteiger partial charge < -0.3 is 19.1 Å². The van der Waals surface area contributed by atoms with Crippen molar-refractivity contribution in [1.29, 1.82) is 0 Å². The second-order valence-corrected chi connectivity index (χ2v) is 6.59. The predicted molar refractivity (Wildman–Crippen MR) is 108 cm³/mol. The van der Waals surface area contributed by atoms with Crippen LogP contribution in [0.2, 0.25) is 0 Å². The van der Waals surface area contributed by atoms with Gasteiger partial charge in [0, 0.05) is 38.3 Å². The molecule has 0 unspecified atom stereocenters. The Morgan fingerprint density at radius 3 is 2.39 bits per heavy atom. The van der Waals surface area contributed by atoms with Gasteiger partial charge in [0.2, 0.25) is 0 Å². The highest BCUT2D eigenvalue weighted by Crippen LogP contribution is 2.28. The SMILES string of the molecule is CCOc1ccc(C(=O)N2CCN(CCOc3ccccc3)CC2)cc1OC. The van der Waals surface area contributed by atoms with Gasteiger partial charge in [-0.2, -0.15) is 0 Å². The Hall–Kier alpha value is -2.73. The van der Waals surface area contributed by atoms with Crippen molar-refractivity contribution in [3.05, 3.63) is 54.1 Å². The molecule has 0 bridgehead atoms. The molecule has 3 rings (SSSR count). The van der Waals surface area contributed by atoms with E-state index in [9.17, 15) is 4.79 Å². The zero-order valence-electron chi connectivity index (χ0n) is 16.6. The van der Waals surface area contributed by atoms with Gasteiger partial charge in [-0.15, -0.1) is 0 Å². The zero-order valence-corrected chi connectivity index (χ0v) is 16.6. The lowest BCUT2D eigenvalue weighted by Gasteiger charge is -2.34. The Kier molecular flexibility index (Phi) is 7.14.